The van der Waals surface area contributed by atoms with E-state index in [1.54, 1.807) is 0 Å². The van der Waals surface area contributed by atoms with Gasteiger partial charge in [-0.1, -0.05) is 11.6 Å². The summed E-state index contributed by atoms with van der Waals surface area (Å²) in [5.41, 5.74) is -3.47. The van der Waals surface area contributed by atoms with Gasteiger partial charge in [0.1, 0.15) is 5.75 Å². The Balaban J connectivity index is 1.93. The van der Waals surface area contributed by atoms with Crippen molar-refractivity contribution in [2.75, 3.05) is 10.6 Å². The number of amides is 2. The largest absolute Gasteiger partial charge is 0.507 e. The fraction of sp³-hybridized carbons (Fsp3) is 0.0909. The van der Waals surface area contributed by atoms with Gasteiger partial charge in [-0.05, 0) is 60.7 Å². The minimum atomic E-state index is -4.80. The molecule has 12 heteroatoms. The van der Waals surface area contributed by atoms with Crippen LogP contribution in [0, 0.1) is 0 Å². The van der Waals surface area contributed by atoms with Crippen LogP contribution in [0.25, 0.3) is 0 Å². The Morgan fingerprint density at radius 2 is 1.24 bits per heavy atom. The fourth-order valence-electron chi connectivity index (χ4n) is 2.85. The van der Waals surface area contributed by atoms with Crippen LogP contribution in [0.4, 0.5) is 37.7 Å². The first-order valence-corrected chi connectivity index (χ1v) is 9.63. The molecule has 0 heterocycles. The minimum Gasteiger partial charge on any atom is -0.507 e. The van der Waals surface area contributed by atoms with Crippen molar-refractivity contribution >= 4 is 34.8 Å². The third-order valence-corrected chi connectivity index (χ3v) is 4.75. The van der Waals surface area contributed by atoms with Crippen LogP contribution < -0.4 is 10.6 Å². The highest BCUT2D eigenvalue weighted by atomic mass is 35.5. The van der Waals surface area contributed by atoms with Gasteiger partial charge in [-0.25, -0.2) is 0 Å². The molecule has 0 saturated heterocycles. The quantitative estimate of drug-likeness (QED) is 0.352. The van der Waals surface area contributed by atoms with Crippen molar-refractivity contribution in [1.82, 2.24) is 0 Å². The highest BCUT2D eigenvalue weighted by molar-refractivity contribution is 6.31. The summed E-state index contributed by atoms with van der Waals surface area (Å²) in [6.45, 7) is 0. The number of halogens is 7. The Kier molecular flexibility index (Phi) is 6.78. The molecule has 0 saturated carbocycles. The van der Waals surface area contributed by atoms with Crippen LogP contribution in [0.1, 0.15) is 31.8 Å². The average molecular weight is 503 g/mol. The lowest BCUT2D eigenvalue weighted by Gasteiger charge is -2.15. The van der Waals surface area contributed by atoms with E-state index in [0.717, 1.165) is 30.3 Å². The number of hydrogen-bond donors (Lipinski definition) is 3. The molecule has 0 aromatic heterocycles. The van der Waals surface area contributed by atoms with E-state index in [9.17, 15) is 41.0 Å². The first kappa shape index (κ1) is 24.9. The van der Waals surface area contributed by atoms with Crippen molar-refractivity contribution in [3.05, 3.63) is 87.9 Å². The van der Waals surface area contributed by atoms with Crippen LogP contribution >= 0.6 is 11.6 Å². The molecule has 0 aliphatic carbocycles. The molecule has 2 amide bonds. The summed E-state index contributed by atoms with van der Waals surface area (Å²) in [5.74, 6) is -2.58. The van der Waals surface area contributed by atoms with E-state index >= 15 is 0 Å². The fourth-order valence-corrected chi connectivity index (χ4v) is 3.02. The third-order valence-electron chi connectivity index (χ3n) is 4.51. The Bertz CT molecular complexity index is 1240. The standard InChI is InChI=1S/C22H13ClF6N2O3/c23-13-4-8-16(18(32)10-13)20(34)31-17-9-12(22(27,28)29)3-7-15(17)19(33)30-14-5-1-11(2-6-14)21(24,25)26/h1-10,32H,(H,30,33)(H,31,34). The molecule has 178 valence electrons. The van der Waals surface area contributed by atoms with Gasteiger partial charge in [-0.2, -0.15) is 26.3 Å². The van der Waals surface area contributed by atoms with Crippen molar-refractivity contribution in [2.24, 2.45) is 0 Å². The number of hydrogen-bond acceptors (Lipinski definition) is 3. The molecule has 3 N–H and O–H groups in total. The summed E-state index contributed by atoms with van der Waals surface area (Å²) >= 11 is 5.70. The molecule has 34 heavy (non-hydrogen) atoms. The normalized spacial score (nSPS) is 11.7. The topological polar surface area (TPSA) is 78.4 Å². The lowest BCUT2D eigenvalue weighted by Crippen LogP contribution is -2.19. The zero-order valence-electron chi connectivity index (χ0n) is 16.7. The molecule has 3 rings (SSSR count). The number of phenolic OH excluding ortho intramolecular Hbond substituents is 1. The molecular formula is C22H13ClF6N2O3. The summed E-state index contributed by atoms with van der Waals surface area (Å²) in [6.07, 6.45) is -9.40. The van der Waals surface area contributed by atoms with E-state index in [1.807, 2.05) is 0 Å². The minimum absolute atomic E-state index is 0.0643. The molecular weight excluding hydrogens is 490 g/mol. The smallest absolute Gasteiger partial charge is 0.416 e. The van der Waals surface area contributed by atoms with Gasteiger partial charge >= 0.3 is 12.4 Å². The molecule has 0 unspecified atom stereocenters. The predicted octanol–water partition coefficient (Wildman–Crippen LogP) is 6.59. The van der Waals surface area contributed by atoms with Gasteiger partial charge in [0.15, 0.2) is 0 Å². The monoisotopic (exact) mass is 502 g/mol. The summed E-state index contributed by atoms with van der Waals surface area (Å²) in [7, 11) is 0. The summed E-state index contributed by atoms with van der Waals surface area (Å²) < 4.78 is 77.7. The molecule has 5 nitrogen and oxygen atoms in total. The molecule has 3 aromatic rings. The van der Waals surface area contributed by atoms with Crippen LogP contribution in [0.2, 0.25) is 5.02 Å². The molecule has 0 aliphatic rings. The second-order valence-electron chi connectivity index (χ2n) is 6.90. The van der Waals surface area contributed by atoms with Crippen LogP contribution in [0.15, 0.2) is 60.7 Å². The maximum absolute atomic E-state index is 13.2. The maximum atomic E-state index is 13.2. The number of alkyl halides is 6. The van der Waals surface area contributed by atoms with Gasteiger partial charge in [-0.15, -0.1) is 0 Å². The van der Waals surface area contributed by atoms with Crippen molar-refractivity contribution < 1.29 is 41.0 Å². The maximum Gasteiger partial charge on any atom is 0.416 e. The molecule has 3 aromatic carbocycles. The van der Waals surface area contributed by atoms with E-state index in [0.29, 0.717) is 24.3 Å². The van der Waals surface area contributed by atoms with Crippen molar-refractivity contribution in [3.63, 3.8) is 0 Å². The molecule has 0 fully saturated rings. The summed E-state index contributed by atoms with van der Waals surface area (Å²) in [6, 6.07) is 8.74. The van der Waals surface area contributed by atoms with E-state index in [-0.39, 0.29) is 16.3 Å². The van der Waals surface area contributed by atoms with Crippen LogP contribution in [-0.4, -0.2) is 16.9 Å². The van der Waals surface area contributed by atoms with Crippen molar-refractivity contribution in [2.45, 2.75) is 12.4 Å². The second-order valence-corrected chi connectivity index (χ2v) is 7.34. The van der Waals surface area contributed by atoms with Gasteiger partial charge in [0.05, 0.1) is 27.9 Å². The van der Waals surface area contributed by atoms with Crippen molar-refractivity contribution in [3.8, 4) is 5.75 Å². The zero-order valence-corrected chi connectivity index (χ0v) is 17.4. The molecule has 0 spiro atoms. The lowest BCUT2D eigenvalue weighted by molar-refractivity contribution is -0.138. The summed E-state index contributed by atoms with van der Waals surface area (Å²) in [4.78, 5) is 25.2. The van der Waals surface area contributed by atoms with E-state index in [1.165, 1.54) is 6.07 Å². The Morgan fingerprint density at radius 3 is 1.79 bits per heavy atom. The van der Waals surface area contributed by atoms with Gasteiger partial charge < -0.3 is 15.7 Å². The van der Waals surface area contributed by atoms with Gasteiger partial charge in [0.2, 0.25) is 0 Å². The van der Waals surface area contributed by atoms with Crippen LogP contribution in [-0.2, 0) is 12.4 Å². The second kappa shape index (κ2) is 9.26. The van der Waals surface area contributed by atoms with Gasteiger partial charge in [-0.3, -0.25) is 9.59 Å². The number of rotatable bonds is 4. The lowest BCUT2D eigenvalue weighted by atomic mass is 10.1. The number of anilines is 2. The van der Waals surface area contributed by atoms with Crippen LogP contribution in [0.5, 0.6) is 5.75 Å². The highest BCUT2D eigenvalue weighted by Gasteiger charge is 2.32. The number of carbonyl (C=O) groups is 2. The number of benzene rings is 3. The zero-order chi connectivity index (χ0) is 25.3. The Hall–Kier alpha value is -3.73. The molecule has 0 bridgehead atoms. The van der Waals surface area contributed by atoms with E-state index in [4.69, 9.17) is 11.6 Å². The van der Waals surface area contributed by atoms with Crippen LogP contribution in [0.3, 0.4) is 0 Å². The van der Waals surface area contributed by atoms with Gasteiger partial charge in [0, 0.05) is 10.7 Å². The van der Waals surface area contributed by atoms with E-state index in [2.05, 4.69) is 10.6 Å². The molecule has 0 radical (unpaired) electrons. The molecule has 0 atom stereocenters. The number of carbonyl (C=O) groups excluding carboxylic acids is 2. The third kappa shape index (κ3) is 5.79. The van der Waals surface area contributed by atoms with E-state index < -0.39 is 52.3 Å². The first-order valence-electron chi connectivity index (χ1n) is 9.25. The predicted molar refractivity (Wildman–Crippen MR) is 112 cm³/mol. The Morgan fingerprint density at radius 1 is 0.706 bits per heavy atom. The number of nitrogens with one attached hydrogen (secondary N) is 2. The number of aromatic hydroxyl groups is 1. The van der Waals surface area contributed by atoms with Gasteiger partial charge in [0.25, 0.3) is 11.8 Å². The Labute approximate surface area is 193 Å². The highest BCUT2D eigenvalue weighted by Crippen LogP contribution is 2.34. The molecule has 0 aliphatic heterocycles. The van der Waals surface area contributed by atoms with Crippen molar-refractivity contribution in [1.29, 1.82) is 0 Å². The number of phenols is 1. The SMILES string of the molecule is O=C(Nc1cc(C(F)(F)F)ccc1C(=O)Nc1ccc(C(F)(F)F)cc1)c1ccc(Cl)cc1O. The summed E-state index contributed by atoms with van der Waals surface area (Å²) in [5, 5.41) is 14.4. The average Bonchev–Trinajstić information content (AvgIpc) is 2.72. The first-order chi connectivity index (χ1) is 15.8.